The van der Waals surface area contributed by atoms with Crippen molar-refractivity contribution >= 4 is 35.0 Å². The molecule has 0 spiro atoms. The number of benzene rings is 2. The summed E-state index contributed by atoms with van der Waals surface area (Å²) in [6, 6.07) is 11.7. The molecule has 6 nitrogen and oxygen atoms in total. The van der Waals surface area contributed by atoms with Gasteiger partial charge in [0, 0.05) is 5.56 Å². The summed E-state index contributed by atoms with van der Waals surface area (Å²) < 4.78 is 39.0. The molecule has 1 aliphatic rings. The summed E-state index contributed by atoms with van der Waals surface area (Å²) in [5, 5.41) is 18.3. The minimum atomic E-state index is -4.45. The number of nitrogens with one attached hydrogen (secondary N) is 1. The van der Waals surface area contributed by atoms with Gasteiger partial charge in [-0.15, -0.1) is 5.10 Å². The third-order valence-corrected chi connectivity index (χ3v) is 5.02. The van der Waals surface area contributed by atoms with Crippen molar-refractivity contribution in [2.24, 2.45) is 10.2 Å². The average molecular weight is 421 g/mol. The van der Waals surface area contributed by atoms with Gasteiger partial charge in [-0.25, -0.2) is 0 Å². The Bertz CT molecular complexity index is 1010. The Morgan fingerprint density at radius 1 is 1.21 bits per heavy atom. The third kappa shape index (κ3) is 5.23. The van der Waals surface area contributed by atoms with Crippen LogP contribution in [0.5, 0.6) is 0 Å². The van der Waals surface area contributed by atoms with Crippen molar-refractivity contribution < 1.29 is 27.9 Å². The maximum Gasteiger partial charge on any atom is 0.416 e. The molecule has 29 heavy (non-hydrogen) atoms. The first kappa shape index (κ1) is 20.6. The highest BCUT2D eigenvalue weighted by Gasteiger charge is 2.32. The Morgan fingerprint density at radius 3 is 2.69 bits per heavy atom. The van der Waals surface area contributed by atoms with Gasteiger partial charge in [0.2, 0.25) is 5.91 Å². The van der Waals surface area contributed by atoms with Gasteiger partial charge in [0.15, 0.2) is 5.17 Å². The minimum Gasteiger partial charge on any atom is -0.481 e. The molecule has 0 aromatic heterocycles. The number of nitrogens with zero attached hydrogens (tertiary/aromatic N) is 2. The van der Waals surface area contributed by atoms with E-state index in [0.29, 0.717) is 16.7 Å². The van der Waals surface area contributed by atoms with Crippen LogP contribution in [0.25, 0.3) is 11.1 Å². The first-order valence-electron chi connectivity index (χ1n) is 8.31. The molecule has 1 saturated heterocycles. The van der Waals surface area contributed by atoms with E-state index in [1.54, 1.807) is 30.3 Å². The maximum atomic E-state index is 13.0. The number of carbonyl (C=O) groups excluding carboxylic acids is 1. The van der Waals surface area contributed by atoms with Crippen molar-refractivity contribution in [1.82, 2.24) is 5.32 Å². The molecular formula is C19H14F3N3O3S. The summed E-state index contributed by atoms with van der Waals surface area (Å²) in [7, 11) is 0. The molecule has 3 rings (SSSR count). The molecule has 2 N–H and O–H groups in total. The van der Waals surface area contributed by atoms with E-state index in [4.69, 9.17) is 5.11 Å². The zero-order valence-corrected chi connectivity index (χ0v) is 15.5. The standard InChI is InChI=1S/C19H14F3N3O3S/c20-19(21,22)13-6-3-5-11(8-13)14-7-2-1-4-12(14)10-23-25-18-24-17(28)15(29-18)9-16(26)27/h1-8,10,15H,9H2,(H,26,27)(H,24,25,28). The van der Waals surface area contributed by atoms with Gasteiger partial charge in [0.25, 0.3) is 0 Å². The van der Waals surface area contributed by atoms with Crippen LogP contribution in [0.2, 0.25) is 0 Å². The van der Waals surface area contributed by atoms with Crippen LogP contribution in [-0.4, -0.2) is 33.6 Å². The van der Waals surface area contributed by atoms with Gasteiger partial charge >= 0.3 is 12.1 Å². The zero-order chi connectivity index (χ0) is 21.0. The van der Waals surface area contributed by atoms with E-state index < -0.39 is 28.9 Å². The summed E-state index contributed by atoms with van der Waals surface area (Å²) in [5.41, 5.74) is 0.693. The van der Waals surface area contributed by atoms with Gasteiger partial charge in [-0.1, -0.05) is 48.2 Å². The zero-order valence-electron chi connectivity index (χ0n) is 14.7. The maximum absolute atomic E-state index is 13.0. The van der Waals surface area contributed by atoms with Gasteiger partial charge < -0.3 is 10.4 Å². The number of rotatable bonds is 5. The molecule has 1 heterocycles. The predicted octanol–water partition coefficient (Wildman–Crippen LogP) is 3.77. The number of alkyl halides is 3. The first-order valence-corrected chi connectivity index (χ1v) is 9.19. The van der Waals surface area contributed by atoms with Crippen molar-refractivity contribution in [3.8, 4) is 11.1 Å². The molecule has 10 heteroatoms. The molecule has 150 valence electrons. The molecule has 1 fully saturated rings. The highest BCUT2D eigenvalue weighted by atomic mass is 32.2. The summed E-state index contributed by atoms with van der Waals surface area (Å²) in [6.45, 7) is 0. The normalized spacial score (nSPS) is 18.4. The summed E-state index contributed by atoms with van der Waals surface area (Å²) in [6.07, 6.45) is -3.42. The fraction of sp³-hybridized carbons (Fsp3) is 0.158. The van der Waals surface area contributed by atoms with Crippen molar-refractivity contribution in [3.63, 3.8) is 0 Å². The fourth-order valence-electron chi connectivity index (χ4n) is 2.62. The number of aliphatic carboxylic acids is 1. The quantitative estimate of drug-likeness (QED) is 0.568. The number of thioether (sulfide) groups is 1. The largest absolute Gasteiger partial charge is 0.481 e. The Kier molecular flexibility index (Phi) is 6.02. The van der Waals surface area contributed by atoms with E-state index in [2.05, 4.69) is 15.5 Å². The number of carbonyl (C=O) groups is 2. The fourth-order valence-corrected chi connectivity index (χ4v) is 3.54. The first-order chi connectivity index (χ1) is 13.7. The molecule has 0 aliphatic carbocycles. The van der Waals surface area contributed by atoms with Crippen LogP contribution >= 0.6 is 11.8 Å². The number of carboxylic acid groups (broad SMARTS) is 1. The number of hydrogen-bond acceptors (Lipinski definition) is 5. The molecule has 1 unspecified atom stereocenters. The third-order valence-electron chi connectivity index (χ3n) is 3.94. The van der Waals surface area contributed by atoms with E-state index in [0.717, 1.165) is 23.9 Å². The van der Waals surface area contributed by atoms with Crippen molar-refractivity contribution in [2.75, 3.05) is 0 Å². The van der Waals surface area contributed by atoms with E-state index in [9.17, 15) is 22.8 Å². The van der Waals surface area contributed by atoms with E-state index in [1.165, 1.54) is 12.3 Å². The molecule has 1 aliphatic heterocycles. The lowest BCUT2D eigenvalue weighted by atomic mass is 9.98. The van der Waals surface area contributed by atoms with Crippen LogP contribution in [0.1, 0.15) is 17.5 Å². The van der Waals surface area contributed by atoms with Gasteiger partial charge in [0.1, 0.15) is 5.25 Å². The average Bonchev–Trinajstić information content (AvgIpc) is 3.00. The molecule has 0 radical (unpaired) electrons. The van der Waals surface area contributed by atoms with Crippen LogP contribution in [-0.2, 0) is 15.8 Å². The lowest BCUT2D eigenvalue weighted by Crippen LogP contribution is -2.26. The number of amides is 1. The monoisotopic (exact) mass is 421 g/mol. The molecule has 1 amide bonds. The Hall–Kier alpha value is -3.14. The summed E-state index contributed by atoms with van der Waals surface area (Å²) in [4.78, 5) is 22.4. The highest BCUT2D eigenvalue weighted by Crippen LogP contribution is 2.33. The predicted molar refractivity (Wildman–Crippen MR) is 104 cm³/mol. The van der Waals surface area contributed by atoms with Crippen LogP contribution < -0.4 is 5.32 Å². The van der Waals surface area contributed by atoms with E-state index in [-0.39, 0.29) is 11.6 Å². The smallest absolute Gasteiger partial charge is 0.416 e. The minimum absolute atomic E-state index is 0.161. The van der Waals surface area contributed by atoms with Crippen LogP contribution in [0.4, 0.5) is 13.2 Å². The summed E-state index contributed by atoms with van der Waals surface area (Å²) in [5.74, 6) is -1.56. The Morgan fingerprint density at radius 2 is 1.97 bits per heavy atom. The second-order valence-corrected chi connectivity index (χ2v) is 7.20. The molecule has 1 atom stereocenters. The molecule has 0 saturated carbocycles. The van der Waals surface area contributed by atoms with Crippen molar-refractivity contribution in [1.29, 1.82) is 0 Å². The number of carboxylic acids is 1. The topological polar surface area (TPSA) is 91.1 Å². The lowest BCUT2D eigenvalue weighted by Gasteiger charge is -2.10. The van der Waals surface area contributed by atoms with Crippen LogP contribution in [0, 0.1) is 0 Å². The summed E-state index contributed by atoms with van der Waals surface area (Å²) >= 11 is 0.957. The Labute approximate surface area is 167 Å². The van der Waals surface area contributed by atoms with Gasteiger partial charge in [-0.05, 0) is 23.3 Å². The van der Waals surface area contributed by atoms with Crippen molar-refractivity contribution in [2.45, 2.75) is 17.8 Å². The number of hydrogen-bond donors (Lipinski definition) is 2. The van der Waals surface area contributed by atoms with Gasteiger partial charge in [-0.3, -0.25) is 9.59 Å². The van der Waals surface area contributed by atoms with Gasteiger partial charge in [-0.2, -0.15) is 18.3 Å². The van der Waals surface area contributed by atoms with E-state index >= 15 is 0 Å². The lowest BCUT2D eigenvalue weighted by molar-refractivity contribution is -0.138. The van der Waals surface area contributed by atoms with Gasteiger partial charge in [0.05, 0.1) is 18.2 Å². The van der Waals surface area contributed by atoms with E-state index in [1.807, 2.05) is 0 Å². The molecule has 2 aromatic rings. The number of amidine groups is 1. The SMILES string of the molecule is O=C(O)CC1SC(=NN=Cc2ccccc2-c2cccc(C(F)(F)F)c2)NC1=O. The van der Waals surface area contributed by atoms with Crippen LogP contribution in [0.15, 0.2) is 58.7 Å². The Balaban J connectivity index is 1.82. The second kappa shape index (κ2) is 8.48. The number of halogens is 3. The van der Waals surface area contributed by atoms with Crippen molar-refractivity contribution in [3.05, 3.63) is 59.7 Å². The van der Waals surface area contributed by atoms with Crippen LogP contribution in [0.3, 0.4) is 0 Å². The molecule has 0 bridgehead atoms. The molecular weight excluding hydrogens is 407 g/mol. The second-order valence-electron chi connectivity index (χ2n) is 6.01. The highest BCUT2D eigenvalue weighted by molar-refractivity contribution is 8.15. The molecule has 2 aromatic carbocycles.